The first-order chi connectivity index (χ1) is 7.08. The molecular weight excluding hydrogens is 188 g/mol. The summed E-state index contributed by atoms with van der Waals surface area (Å²) in [6.45, 7) is 8.51. The molecule has 0 unspecified atom stereocenters. The molecule has 2 heteroatoms. The smallest absolute Gasteiger partial charge is 0.160 e. The molecule has 0 amide bonds. The first-order valence-corrected chi connectivity index (χ1v) is 5.96. The number of hydrogen-bond acceptors (Lipinski definition) is 2. The third-order valence-electron chi connectivity index (χ3n) is 2.45. The van der Waals surface area contributed by atoms with E-state index >= 15 is 0 Å². The van der Waals surface area contributed by atoms with Gasteiger partial charge in [-0.05, 0) is 24.7 Å². The highest BCUT2D eigenvalue weighted by molar-refractivity contribution is 4.84. The van der Waals surface area contributed by atoms with Crippen molar-refractivity contribution in [3.63, 3.8) is 0 Å². The van der Waals surface area contributed by atoms with Gasteiger partial charge in [0.15, 0.2) is 6.29 Å². The standard InChI is InChI=1S/C13H24O2/c1-13(2,3)9-6-4-5-8-12-14-10-7-11-15-12/h4-5,12H,6-11H2,1-3H3/b5-4+. The topological polar surface area (TPSA) is 18.5 Å². The Bertz CT molecular complexity index is 185. The van der Waals surface area contributed by atoms with E-state index in [1.54, 1.807) is 0 Å². The second-order valence-corrected chi connectivity index (χ2v) is 5.33. The van der Waals surface area contributed by atoms with Gasteiger partial charge >= 0.3 is 0 Å². The van der Waals surface area contributed by atoms with Crippen LogP contribution >= 0.6 is 0 Å². The molecule has 0 atom stereocenters. The van der Waals surface area contributed by atoms with Crippen LogP contribution in [0.4, 0.5) is 0 Å². The van der Waals surface area contributed by atoms with Crippen LogP contribution in [0.1, 0.15) is 46.5 Å². The van der Waals surface area contributed by atoms with Crippen LogP contribution in [-0.2, 0) is 9.47 Å². The molecule has 1 rings (SSSR count). The minimum Gasteiger partial charge on any atom is -0.352 e. The molecule has 15 heavy (non-hydrogen) atoms. The van der Waals surface area contributed by atoms with Gasteiger partial charge in [-0.1, -0.05) is 32.9 Å². The van der Waals surface area contributed by atoms with Crippen molar-refractivity contribution in [2.75, 3.05) is 13.2 Å². The third-order valence-corrected chi connectivity index (χ3v) is 2.45. The average molecular weight is 212 g/mol. The summed E-state index contributed by atoms with van der Waals surface area (Å²) >= 11 is 0. The van der Waals surface area contributed by atoms with E-state index in [0.29, 0.717) is 5.41 Å². The molecular formula is C13H24O2. The summed E-state index contributed by atoms with van der Waals surface area (Å²) in [5, 5.41) is 0. The first-order valence-electron chi connectivity index (χ1n) is 5.96. The molecule has 1 saturated heterocycles. The Labute approximate surface area is 93.7 Å². The van der Waals surface area contributed by atoms with Gasteiger partial charge in [-0.25, -0.2) is 0 Å². The lowest BCUT2D eigenvalue weighted by Crippen LogP contribution is -2.23. The summed E-state index contributed by atoms with van der Waals surface area (Å²) in [6.07, 6.45) is 8.74. The highest BCUT2D eigenvalue weighted by atomic mass is 16.7. The zero-order valence-electron chi connectivity index (χ0n) is 10.3. The number of rotatable bonds is 4. The Morgan fingerprint density at radius 1 is 1.13 bits per heavy atom. The van der Waals surface area contributed by atoms with E-state index in [-0.39, 0.29) is 6.29 Å². The summed E-state index contributed by atoms with van der Waals surface area (Å²) in [6, 6.07) is 0. The zero-order valence-corrected chi connectivity index (χ0v) is 10.3. The predicted octanol–water partition coefficient (Wildman–Crippen LogP) is 3.52. The Morgan fingerprint density at radius 2 is 1.80 bits per heavy atom. The Hall–Kier alpha value is -0.340. The molecule has 0 aliphatic carbocycles. The number of allylic oxidation sites excluding steroid dienone is 1. The van der Waals surface area contributed by atoms with Crippen molar-refractivity contribution in [1.82, 2.24) is 0 Å². The van der Waals surface area contributed by atoms with Crippen LogP contribution in [0.2, 0.25) is 0 Å². The van der Waals surface area contributed by atoms with Crippen LogP contribution in [0, 0.1) is 5.41 Å². The normalized spacial score (nSPS) is 19.9. The number of hydrogen-bond donors (Lipinski definition) is 0. The molecule has 0 spiro atoms. The third kappa shape index (κ3) is 6.69. The summed E-state index contributed by atoms with van der Waals surface area (Å²) in [4.78, 5) is 0. The molecule has 2 nitrogen and oxygen atoms in total. The lowest BCUT2D eigenvalue weighted by atomic mass is 9.90. The van der Waals surface area contributed by atoms with Gasteiger partial charge in [-0.3, -0.25) is 0 Å². The van der Waals surface area contributed by atoms with Gasteiger partial charge in [0.25, 0.3) is 0 Å². The van der Waals surface area contributed by atoms with Crippen molar-refractivity contribution in [3.05, 3.63) is 12.2 Å². The van der Waals surface area contributed by atoms with Crippen LogP contribution in [0.25, 0.3) is 0 Å². The average Bonchev–Trinajstić information content (AvgIpc) is 2.17. The van der Waals surface area contributed by atoms with Crippen molar-refractivity contribution >= 4 is 0 Å². The fraction of sp³-hybridized carbons (Fsp3) is 0.846. The molecule has 88 valence electrons. The molecule has 0 bridgehead atoms. The predicted molar refractivity (Wildman–Crippen MR) is 62.8 cm³/mol. The van der Waals surface area contributed by atoms with Gasteiger partial charge in [0.1, 0.15) is 0 Å². The van der Waals surface area contributed by atoms with Crippen LogP contribution in [0.3, 0.4) is 0 Å². The van der Waals surface area contributed by atoms with E-state index < -0.39 is 0 Å². The fourth-order valence-electron chi connectivity index (χ4n) is 1.51. The minimum atomic E-state index is 0.00429. The van der Waals surface area contributed by atoms with Gasteiger partial charge in [0.2, 0.25) is 0 Å². The van der Waals surface area contributed by atoms with E-state index in [4.69, 9.17) is 9.47 Å². The molecule has 0 aromatic rings. The second-order valence-electron chi connectivity index (χ2n) is 5.33. The molecule has 1 heterocycles. The van der Waals surface area contributed by atoms with E-state index in [2.05, 4.69) is 32.9 Å². The van der Waals surface area contributed by atoms with Crippen molar-refractivity contribution < 1.29 is 9.47 Å². The molecule has 0 saturated carbocycles. The quantitative estimate of drug-likeness (QED) is 0.664. The van der Waals surface area contributed by atoms with Gasteiger partial charge in [-0.2, -0.15) is 0 Å². The second kappa shape index (κ2) is 6.29. The first kappa shape index (κ1) is 12.7. The summed E-state index contributed by atoms with van der Waals surface area (Å²) < 4.78 is 10.9. The van der Waals surface area contributed by atoms with Crippen LogP contribution in [-0.4, -0.2) is 19.5 Å². The zero-order chi connectivity index (χ0) is 11.1. The number of ether oxygens (including phenoxy) is 2. The molecule has 1 aliphatic heterocycles. The van der Waals surface area contributed by atoms with E-state index in [9.17, 15) is 0 Å². The molecule has 0 aromatic carbocycles. The summed E-state index contributed by atoms with van der Waals surface area (Å²) in [5.74, 6) is 0. The van der Waals surface area contributed by atoms with Crippen molar-refractivity contribution in [1.29, 1.82) is 0 Å². The SMILES string of the molecule is CC(C)(C)CC/C=C/CC1OCCCO1. The van der Waals surface area contributed by atoms with Gasteiger partial charge in [0, 0.05) is 6.42 Å². The maximum Gasteiger partial charge on any atom is 0.160 e. The maximum absolute atomic E-state index is 5.45. The lowest BCUT2D eigenvalue weighted by molar-refractivity contribution is -0.175. The Morgan fingerprint density at radius 3 is 2.40 bits per heavy atom. The van der Waals surface area contributed by atoms with Gasteiger partial charge in [-0.15, -0.1) is 0 Å². The van der Waals surface area contributed by atoms with Crippen molar-refractivity contribution in [2.45, 2.75) is 52.7 Å². The summed E-state index contributed by atoms with van der Waals surface area (Å²) in [7, 11) is 0. The highest BCUT2D eigenvalue weighted by Crippen LogP contribution is 2.20. The van der Waals surface area contributed by atoms with E-state index in [1.165, 1.54) is 6.42 Å². The largest absolute Gasteiger partial charge is 0.352 e. The van der Waals surface area contributed by atoms with Crippen LogP contribution in [0.5, 0.6) is 0 Å². The maximum atomic E-state index is 5.45. The van der Waals surface area contributed by atoms with Crippen LogP contribution < -0.4 is 0 Å². The van der Waals surface area contributed by atoms with Crippen molar-refractivity contribution in [2.24, 2.45) is 5.41 Å². The molecule has 0 aromatic heterocycles. The monoisotopic (exact) mass is 212 g/mol. The Balaban J connectivity index is 2.05. The molecule has 1 fully saturated rings. The fourth-order valence-corrected chi connectivity index (χ4v) is 1.51. The van der Waals surface area contributed by atoms with Gasteiger partial charge < -0.3 is 9.47 Å². The minimum absolute atomic E-state index is 0.00429. The van der Waals surface area contributed by atoms with E-state index in [1.807, 2.05) is 0 Å². The lowest BCUT2D eigenvalue weighted by Gasteiger charge is -2.21. The van der Waals surface area contributed by atoms with Crippen molar-refractivity contribution in [3.8, 4) is 0 Å². The molecule has 0 N–H and O–H groups in total. The molecule has 0 radical (unpaired) electrons. The van der Waals surface area contributed by atoms with Gasteiger partial charge in [0.05, 0.1) is 13.2 Å². The Kier molecular flexibility index (Phi) is 5.34. The van der Waals surface area contributed by atoms with E-state index in [0.717, 1.165) is 32.5 Å². The highest BCUT2D eigenvalue weighted by Gasteiger charge is 2.12. The van der Waals surface area contributed by atoms with Crippen LogP contribution in [0.15, 0.2) is 12.2 Å². The molecule has 1 aliphatic rings. The summed E-state index contributed by atoms with van der Waals surface area (Å²) in [5.41, 5.74) is 0.433.